The highest BCUT2D eigenvalue weighted by atomic mass is 127. The third-order valence-electron chi connectivity index (χ3n) is 4.87. The van der Waals surface area contributed by atoms with Gasteiger partial charge in [-0.25, -0.2) is 4.39 Å². The molecule has 0 atom stereocenters. The quantitative estimate of drug-likeness (QED) is 0.391. The first-order chi connectivity index (χ1) is 12.7. The average Bonchev–Trinajstić information content (AvgIpc) is 3.45. The van der Waals surface area contributed by atoms with Crippen LogP contribution in [0.15, 0.2) is 47.5 Å². The van der Waals surface area contributed by atoms with Crippen molar-refractivity contribution in [2.24, 2.45) is 10.7 Å². The molecule has 4 rings (SSSR count). The minimum Gasteiger partial charge on any atom is -0.490 e. The standard InChI is InChI=1S/C20H22FN3O2.HI/c21-16-5-2-1-4-15(16)20(8-9-20)13-23-19(22)24-14-6-7-17-18(12-14)26-11-3-10-25-17;/h1-2,4-7,12H,3,8-11,13H2,(H3,22,23,24);1H. The van der Waals surface area contributed by atoms with Gasteiger partial charge in [0.15, 0.2) is 17.5 Å². The van der Waals surface area contributed by atoms with Gasteiger partial charge in [-0.2, -0.15) is 0 Å². The van der Waals surface area contributed by atoms with E-state index in [2.05, 4.69) is 10.3 Å². The zero-order valence-corrected chi connectivity index (χ0v) is 17.2. The van der Waals surface area contributed by atoms with E-state index in [4.69, 9.17) is 15.2 Å². The molecule has 2 aromatic rings. The number of nitrogens with two attached hydrogens (primary N) is 1. The van der Waals surface area contributed by atoms with Gasteiger partial charge < -0.3 is 20.5 Å². The lowest BCUT2D eigenvalue weighted by molar-refractivity contribution is 0.297. The summed E-state index contributed by atoms with van der Waals surface area (Å²) in [4.78, 5) is 4.45. The van der Waals surface area contributed by atoms with Crippen molar-refractivity contribution in [3.8, 4) is 11.5 Å². The summed E-state index contributed by atoms with van der Waals surface area (Å²) in [5.74, 6) is 1.57. The number of anilines is 1. The highest BCUT2D eigenvalue weighted by Crippen LogP contribution is 2.49. The molecule has 144 valence electrons. The van der Waals surface area contributed by atoms with Crippen LogP contribution >= 0.6 is 24.0 Å². The number of fused-ring (bicyclic) bond motifs is 1. The van der Waals surface area contributed by atoms with Crippen LogP contribution in [0.3, 0.4) is 0 Å². The fraction of sp³-hybridized carbons (Fsp3) is 0.350. The van der Waals surface area contributed by atoms with E-state index < -0.39 is 0 Å². The Morgan fingerprint density at radius 1 is 1.11 bits per heavy atom. The van der Waals surface area contributed by atoms with Gasteiger partial charge in [0, 0.05) is 23.6 Å². The van der Waals surface area contributed by atoms with Crippen molar-refractivity contribution in [2.45, 2.75) is 24.7 Å². The second kappa shape index (κ2) is 8.33. The fourth-order valence-electron chi connectivity index (χ4n) is 3.22. The number of guanidine groups is 1. The topological polar surface area (TPSA) is 68.9 Å². The maximum absolute atomic E-state index is 14.1. The highest BCUT2D eigenvalue weighted by molar-refractivity contribution is 14.0. The van der Waals surface area contributed by atoms with Crippen molar-refractivity contribution < 1.29 is 13.9 Å². The highest BCUT2D eigenvalue weighted by Gasteiger charge is 2.45. The molecule has 1 aliphatic carbocycles. The molecule has 5 nitrogen and oxygen atoms in total. The largest absolute Gasteiger partial charge is 0.490 e. The predicted octanol–water partition coefficient (Wildman–Crippen LogP) is 4.06. The Morgan fingerprint density at radius 2 is 1.85 bits per heavy atom. The number of halogens is 2. The van der Waals surface area contributed by atoms with Gasteiger partial charge in [-0.15, -0.1) is 24.0 Å². The monoisotopic (exact) mass is 483 g/mol. The van der Waals surface area contributed by atoms with Crippen LogP contribution in [0.25, 0.3) is 0 Å². The second-order valence-electron chi connectivity index (χ2n) is 6.80. The van der Waals surface area contributed by atoms with E-state index in [0.29, 0.717) is 31.5 Å². The minimum atomic E-state index is -0.220. The summed E-state index contributed by atoms with van der Waals surface area (Å²) in [6, 6.07) is 12.5. The molecule has 1 heterocycles. The van der Waals surface area contributed by atoms with Gasteiger partial charge >= 0.3 is 0 Å². The minimum absolute atomic E-state index is 0. The van der Waals surface area contributed by atoms with E-state index >= 15 is 0 Å². The van der Waals surface area contributed by atoms with Crippen molar-refractivity contribution in [1.82, 2.24) is 0 Å². The van der Waals surface area contributed by atoms with Gasteiger partial charge in [-0.05, 0) is 36.6 Å². The number of aliphatic imine (C=N–C) groups is 1. The Labute approximate surface area is 175 Å². The van der Waals surface area contributed by atoms with Crippen molar-refractivity contribution in [2.75, 3.05) is 25.1 Å². The van der Waals surface area contributed by atoms with Crippen LogP contribution in [0.4, 0.5) is 10.1 Å². The number of rotatable bonds is 4. The summed E-state index contributed by atoms with van der Waals surface area (Å²) in [6.07, 6.45) is 2.71. The molecule has 0 bridgehead atoms. The van der Waals surface area contributed by atoms with Crippen LogP contribution < -0.4 is 20.5 Å². The van der Waals surface area contributed by atoms with Crippen LogP contribution in [0, 0.1) is 5.82 Å². The van der Waals surface area contributed by atoms with E-state index in [0.717, 1.165) is 36.3 Å². The molecule has 0 unspecified atom stereocenters. The molecule has 0 amide bonds. The van der Waals surface area contributed by atoms with Crippen molar-refractivity contribution in [1.29, 1.82) is 0 Å². The number of ether oxygens (including phenoxy) is 2. The molecule has 0 radical (unpaired) electrons. The van der Waals surface area contributed by atoms with Gasteiger partial charge in [0.1, 0.15) is 5.82 Å². The lowest BCUT2D eigenvalue weighted by atomic mass is 9.95. The zero-order chi connectivity index (χ0) is 18.0. The van der Waals surface area contributed by atoms with Crippen LogP contribution in [0.1, 0.15) is 24.8 Å². The Bertz CT molecular complexity index is 840. The lowest BCUT2D eigenvalue weighted by Crippen LogP contribution is -2.25. The fourth-order valence-corrected chi connectivity index (χ4v) is 3.22. The predicted molar refractivity (Wildman–Crippen MR) is 115 cm³/mol. The van der Waals surface area contributed by atoms with Crippen LogP contribution in [-0.2, 0) is 5.41 Å². The summed E-state index contributed by atoms with van der Waals surface area (Å²) in [6.45, 7) is 1.75. The molecule has 2 aromatic carbocycles. The zero-order valence-electron chi connectivity index (χ0n) is 14.9. The third kappa shape index (κ3) is 4.45. The molecule has 0 saturated heterocycles. The number of hydrogen-bond acceptors (Lipinski definition) is 3. The van der Waals surface area contributed by atoms with Crippen molar-refractivity contribution in [3.63, 3.8) is 0 Å². The molecule has 3 N–H and O–H groups in total. The molecular weight excluding hydrogens is 460 g/mol. The second-order valence-corrected chi connectivity index (χ2v) is 6.80. The lowest BCUT2D eigenvalue weighted by Gasteiger charge is -2.15. The van der Waals surface area contributed by atoms with Gasteiger partial charge in [-0.3, -0.25) is 4.99 Å². The van der Waals surface area contributed by atoms with E-state index in [9.17, 15) is 4.39 Å². The molecule has 1 aliphatic heterocycles. The van der Waals surface area contributed by atoms with Crippen LogP contribution in [0.2, 0.25) is 0 Å². The van der Waals surface area contributed by atoms with E-state index in [1.54, 1.807) is 6.07 Å². The first kappa shape index (κ1) is 19.7. The molecule has 0 aromatic heterocycles. The summed E-state index contributed by atoms with van der Waals surface area (Å²) >= 11 is 0. The summed E-state index contributed by atoms with van der Waals surface area (Å²) in [7, 11) is 0. The van der Waals surface area contributed by atoms with Gasteiger partial charge in [0.25, 0.3) is 0 Å². The summed E-state index contributed by atoms with van der Waals surface area (Å²) in [5.41, 5.74) is 7.33. The smallest absolute Gasteiger partial charge is 0.193 e. The normalized spacial score (nSPS) is 17.4. The van der Waals surface area contributed by atoms with Crippen LogP contribution in [0.5, 0.6) is 11.5 Å². The molecule has 0 spiro atoms. The molecule has 2 aliphatic rings. The Hall–Kier alpha value is -2.03. The summed E-state index contributed by atoms with van der Waals surface area (Å²) < 4.78 is 25.4. The Morgan fingerprint density at radius 3 is 2.59 bits per heavy atom. The number of benzene rings is 2. The third-order valence-corrected chi connectivity index (χ3v) is 4.87. The first-order valence-corrected chi connectivity index (χ1v) is 8.88. The maximum Gasteiger partial charge on any atom is 0.193 e. The van der Waals surface area contributed by atoms with E-state index in [-0.39, 0.29) is 35.2 Å². The van der Waals surface area contributed by atoms with Crippen LogP contribution in [-0.4, -0.2) is 25.7 Å². The molecule has 1 fully saturated rings. The molecular formula is C20H23FIN3O2. The molecule has 7 heteroatoms. The Kier molecular flexibility index (Phi) is 6.08. The average molecular weight is 483 g/mol. The van der Waals surface area contributed by atoms with Gasteiger partial charge in [0.2, 0.25) is 0 Å². The SMILES string of the molecule is I.NC(=NCC1(c2ccccc2F)CC1)Nc1ccc2c(c1)OCCCO2. The first-order valence-electron chi connectivity index (χ1n) is 8.88. The van der Waals surface area contributed by atoms with Gasteiger partial charge in [-0.1, -0.05) is 18.2 Å². The van der Waals surface area contributed by atoms with Crippen molar-refractivity contribution in [3.05, 3.63) is 53.8 Å². The van der Waals surface area contributed by atoms with E-state index in [1.807, 2.05) is 30.3 Å². The van der Waals surface area contributed by atoms with Crippen molar-refractivity contribution >= 4 is 35.6 Å². The molecule has 1 saturated carbocycles. The number of hydrogen-bond donors (Lipinski definition) is 2. The maximum atomic E-state index is 14.1. The Balaban J connectivity index is 0.00000210. The number of nitrogens with zero attached hydrogens (tertiary/aromatic N) is 1. The molecule has 27 heavy (non-hydrogen) atoms. The van der Waals surface area contributed by atoms with E-state index in [1.165, 1.54) is 6.07 Å². The number of nitrogens with one attached hydrogen (secondary N) is 1. The summed E-state index contributed by atoms with van der Waals surface area (Å²) in [5, 5.41) is 3.08. The van der Waals surface area contributed by atoms with Gasteiger partial charge in [0.05, 0.1) is 19.8 Å².